The molecule has 162 valence electrons. The Morgan fingerprint density at radius 3 is 1.59 bits per heavy atom. The van der Waals surface area contributed by atoms with Crippen molar-refractivity contribution in [1.82, 2.24) is 0 Å². The lowest BCUT2D eigenvalue weighted by Gasteiger charge is -2.45. The van der Waals surface area contributed by atoms with Gasteiger partial charge in [-0.3, -0.25) is 0 Å². The Morgan fingerprint density at radius 2 is 1.04 bits per heavy atom. The maximum absolute atomic E-state index is 6.29. The van der Waals surface area contributed by atoms with E-state index in [4.69, 9.17) is 28.4 Å². The standard InChI is InChI=1S/C21H42O6/c1-6-11-22-16-17-18(23-12-7-2)19(24-13-8-3)20(25-14-9-4)21(27-17)26-15-10-5/h17-21H,6-16H2,1-5H3/t17?,18-,19-,20?,21+/m1/s1. The predicted octanol–water partition coefficient (Wildman–Crippen LogP) is 3.95. The second kappa shape index (κ2) is 15.7. The lowest BCUT2D eigenvalue weighted by Crippen LogP contribution is -2.62. The zero-order chi connectivity index (χ0) is 19.9. The summed E-state index contributed by atoms with van der Waals surface area (Å²) >= 11 is 0. The predicted molar refractivity (Wildman–Crippen MR) is 106 cm³/mol. The third-order valence-electron chi connectivity index (χ3n) is 4.25. The van der Waals surface area contributed by atoms with E-state index in [0.717, 1.165) is 32.1 Å². The van der Waals surface area contributed by atoms with Crippen molar-refractivity contribution in [2.24, 2.45) is 0 Å². The van der Waals surface area contributed by atoms with Crippen molar-refractivity contribution in [2.45, 2.75) is 97.4 Å². The van der Waals surface area contributed by atoms with E-state index in [1.807, 2.05) is 0 Å². The van der Waals surface area contributed by atoms with Crippen molar-refractivity contribution in [1.29, 1.82) is 0 Å². The van der Waals surface area contributed by atoms with Gasteiger partial charge in [-0.05, 0) is 32.1 Å². The van der Waals surface area contributed by atoms with E-state index in [9.17, 15) is 0 Å². The first-order chi connectivity index (χ1) is 13.2. The molecule has 1 aliphatic heterocycles. The maximum Gasteiger partial charge on any atom is 0.186 e. The second-order valence-corrected chi connectivity index (χ2v) is 6.99. The second-order valence-electron chi connectivity index (χ2n) is 6.99. The zero-order valence-corrected chi connectivity index (χ0v) is 18.1. The van der Waals surface area contributed by atoms with Gasteiger partial charge in [0.1, 0.15) is 24.4 Å². The van der Waals surface area contributed by atoms with Crippen LogP contribution in [-0.4, -0.2) is 70.3 Å². The monoisotopic (exact) mass is 390 g/mol. The number of ether oxygens (including phenoxy) is 6. The molecule has 1 saturated heterocycles. The minimum atomic E-state index is -0.463. The van der Waals surface area contributed by atoms with Crippen LogP contribution in [0, 0.1) is 0 Å². The summed E-state index contributed by atoms with van der Waals surface area (Å²) in [5, 5.41) is 0. The summed E-state index contributed by atoms with van der Waals surface area (Å²) in [5.41, 5.74) is 0. The highest BCUT2D eigenvalue weighted by atomic mass is 16.7. The first kappa shape index (κ1) is 24.8. The van der Waals surface area contributed by atoms with Crippen molar-refractivity contribution in [3.8, 4) is 0 Å². The van der Waals surface area contributed by atoms with E-state index in [-0.39, 0.29) is 24.4 Å². The number of rotatable bonds is 16. The smallest absolute Gasteiger partial charge is 0.186 e. The summed E-state index contributed by atoms with van der Waals surface area (Å²) in [6.07, 6.45) is 3.27. The molecule has 27 heavy (non-hydrogen) atoms. The Kier molecular flexibility index (Phi) is 14.4. The molecule has 1 rings (SSSR count). The van der Waals surface area contributed by atoms with E-state index in [1.165, 1.54) is 0 Å². The van der Waals surface area contributed by atoms with Crippen LogP contribution in [-0.2, 0) is 28.4 Å². The Labute approximate surface area is 166 Å². The van der Waals surface area contributed by atoms with Gasteiger partial charge in [0.2, 0.25) is 0 Å². The maximum atomic E-state index is 6.29. The van der Waals surface area contributed by atoms with Gasteiger partial charge in [0.05, 0.1) is 6.61 Å². The molecule has 1 fully saturated rings. The lowest BCUT2D eigenvalue weighted by atomic mass is 9.98. The number of hydrogen-bond donors (Lipinski definition) is 0. The molecule has 0 aromatic carbocycles. The van der Waals surface area contributed by atoms with Gasteiger partial charge < -0.3 is 28.4 Å². The van der Waals surface area contributed by atoms with E-state index in [0.29, 0.717) is 39.6 Å². The third kappa shape index (κ3) is 8.75. The van der Waals surface area contributed by atoms with Gasteiger partial charge in [-0.2, -0.15) is 0 Å². The molecule has 6 nitrogen and oxygen atoms in total. The Hall–Kier alpha value is -0.240. The molecule has 2 unspecified atom stereocenters. The minimum absolute atomic E-state index is 0.225. The molecule has 0 aliphatic carbocycles. The Balaban J connectivity index is 2.99. The molecule has 0 radical (unpaired) electrons. The normalized spacial score (nSPS) is 28.6. The molecule has 0 spiro atoms. The molecular weight excluding hydrogens is 348 g/mol. The van der Waals surface area contributed by atoms with Crippen molar-refractivity contribution in [3.05, 3.63) is 0 Å². The molecule has 5 atom stereocenters. The molecule has 0 N–H and O–H groups in total. The van der Waals surface area contributed by atoms with Gasteiger partial charge in [-0.1, -0.05) is 34.6 Å². The SMILES string of the molecule is CCCOCC1O[C@H](OCCC)C(OCCC)[C@H](OCCC)[C@@H]1OCCC. The van der Waals surface area contributed by atoms with Gasteiger partial charge >= 0.3 is 0 Å². The summed E-state index contributed by atoms with van der Waals surface area (Å²) < 4.78 is 36.6. The Morgan fingerprint density at radius 1 is 0.556 bits per heavy atom. The molecular formula is C21H42O6. The third-order valence-corrected chi connectivity index (χ3v) is 4.25. The molecule has 0 aromatic rings. The van der Waals surface area contributed by atoms with Gasteiger partial charge in [0.25, 0.3) is 0 Å². The number of hydrogen-bond acceptors (Lipinski definition) is 6. The first-order valence-electron chi connectivity index (χ1n) is 10.9. The van der Waals surface area contributed by atoms with Gasteiger partial charge in [0.15, 0.2) is 6.29 Å². The zero-order valence-electron chi connectivity index (χ0n) is 18.1. The average molecular weight is 391 g/mol. The lowest BCUT2D eigenvalue weighted by molar-refractivity contribution is -0.323. The average Bonchev–Trinajstić information content (AvgIpc) is 2.68. The topological polar surface area (TPSA) is 55.4 Å². The van der Waals surface area contributed by atoms with Crippen LogP contribution in [0.5, 0.6) is 0 Å². The minimum Gasteiger partial charge on any atom is -0.379 e. The molecule has 1 aliphatic rings. The van der Waals surface area contributed by atoms with E-state index in [2.05, 4.69) is 34.6 Å². The molecule has 1 heterocycles. The summed E-state index contributed by atoms with van der Waals surface area (Å²) in [4.78, 5) is 0. The van der Waals surface area contributed by atoms with Crippen LogP contribution in [0.15, 0.2) is 0 Å². The van der Waals surface area contributed by atoms with E-state index < -0.39 is 6.29 Å². The van der Waals surface area contributed by atoms with Crippen LogP contribution in [0.2, 0.25) is 0 Å². The quantitative estimate of drug-likeness (QED) is 0.372. The molecule has 6 heteroatoms. The van der Waals surface area contributed by atoms with Crippen LogP contribution in [0.4, 0.5) is 0 Å². The van der Waals surface area contributed by atoms with Gasteiger partial charge in [0, 0.05) is 33.0 Å². The summed E-state index contributed by atoms with van der Waals surface area (Å²) in [7, 11) is 0. The van der Waals surface area contributed by atoms with E-state index >= 15 is 0 Å². The Bertz CT molecular complexity index is 341. The molecule has 0 amide bonds. The molecule has 0 bridgehead atoms. The summed E-state index contributed by atoms with van der Waals surface area (Å²) in [6.45, 7) is 14.3. The fourth-order valence-corrected chi connectivity index (χ4v) is 3.05. The highest BCUT2D eigenvalue weighted by Crippen LogP contribution is 2.30. The van der Waals surface area contributed by atoms with Crippen LogP contribution in [0.25, 0.3) is 0 Å². The first-order valence-corrected chi connectivity index (χ1v) is 10.9. The van der Waals surface area contributed by atoms with Gasteiger partial charge in [-0.25, -0.2) is 0 Å². The van der Waals surface area contributed by atoms with Crippen molar-refractivity contribution in [3.63, 3.8) is 0 Å². The highest BCUT2D eigenvalue weighted by Gasteiger charge is 2.48. The molecule has 0 aromatic heterocycles. The highest BCUT2D eigenvalue weighted by molar-refractivity contribution is 4.93. The van der Waals surface area contributed by atoms with Gasteiger partial charge in [-0.15, -0.1) is 0 Å². The van der Waals surface area contributed by atoms with E-state index in [1.54, 1.807) is 0 Å². The van der Waals surface area contributed by atoms with Crippen molar-refractivity contribution >= 4 is 0 Å². The van der Waals surface area contributed by atoms with Crippen LogP contribution < -0.4 is 0 Å². The summed E-state index contributed by atoms with van der Waals surface area (Å²) in [6, 6.07) is 0. The van der Waals surface area contributed by atoms with Crippen LogP contribution in [0.1, 0.15) is 66.7 Å². The van der Waals surface area contributed by atoms with Crippen LogP contribution >= 0.6 is 0 Å². The van der Waals surface area contributed by atoms with Crippen molar-refractivity contribution in [2.75, 3.05) is 39.6 Å². The summed E-state index contributed by atoms with van der Waals surface area (Å²) in [5.74, 6) is 0. The van der Waals surface area contributed by atoms with Crippen LogP contribution in [0.3, 0.4) is 0 Å². The fourth-order valence-electron chi connectivity index (χ4n) is 3.05. The van der Waals surface area contributed by atoms with Crippen molar-refractivity contribution < 1.29 is 28.4 Å². The largest absolute Gasteiger partial charge is 0.379 e. The molecule has 0 saturated carbocycles. The fraction of sp³-hybridized carbons (Fsp3) is 1.00.